The predicted octanol–water partition coefficient (Wildman–Crippen LogP) is 1.28. The number of ether oxygens (including phenoxy) is 1. The van der Waals surface area contributed by atoms with Crippen LogP contribution in [0.3, 0.4) is 0 Å². The molecular weight excluding hydrogens is 166 g/mol. The Morgan fingerprint density at radius 3 is 2.92 bits per heavy atom. The summed E-state index contributed by atoms with van der Waals surface area (Å²) in [4.78, 5) is 0. The monoisotopic (exact) mass is 179 g/mol. The number of hydroxylamine groups is 1. The second-order valence-electron chi connectivity index (χ2n) is 3.31. The molecule has 2 rings (SSSR count). The van der Waals surface area contributed by atoms with Gasteiger partial charge in [0.25, 0.3) is 0 Å². The lowest BCUT2D eigenvalue weighted by Crippen LogP contribution is -2.25. The first kappa shape index (κ1) is 8.69. The molecule has 0 aliphatic carbocycles. The first-order chi connectivity index (χ1) is 6.40. The molecule has 0 spiro atoms. The quantitative estimate of drug-likeness (QED) is 0.687. The van der Waals surface area contributed by atoms with Crippen molar-refractivity contribution < 1.29 is 9.94 Å². The lowest BCUT2D eigenvalue weighted by molar-refractivity contribution is 0.00838. The third kappa shape index (κ3) is 1.88. The van der Waals surface area contributed by atoms with Crippen LogP contribution in [-0.2, 0) is 11.3 Å². The van der Waals surface area contributed by atoms with Gasteiger partial charge < -0.3 is 9.94 Å². The van der Waals surface area contributed by atoms with Crippen molar-refractivity contribution in [2.45, 2.75) is 12.5 Å². The molecule has 0 atom stereocenters. The van der Waals surface area contributed by atoms with E-state index in [0.717, 1.165) is 18.8 Å². The molecular formula is C10H13NO2. The SMILES string of the molecule is ONCc1cccc(C2COC2)c1. The third-order valence-corrected chi connectivity index (χ3v) is 2.34. The van der Waals surface area contributed by atoms with Gasteiger partial charge in [0.15, 0.2) is 0 Å². The van der Waals surface area contributed by atoms with E-state index in [1.165, 1.54) is 5.56 Å². The van der Waals surface area contributed by atoms with Crippen molar-refractivity contribution in [3.8, 4) is 0 Å². The Kier molecular flexibility index (Phi) is 2.59. The minimum absolute atomic E-state index is 0.501. The van der Waals surface area contributed by atoms with Crippen LogP contribution in [0.4, 0.5) is 0 Å². The zero-order chi connectivity index (χ0) is 9.10. The topological polar surface area (TPSA) is 41.5 Å². The lowest BCUT2D eigenvalue weighted by atomic mass is 9.96. The number of hydrogen-bond acceptors (Lipinski definition) is 3. The van der Waals surface area contributed by atoms with Gasteiger partial charge in [0, 0.05) is 12.5 Å². The van der Waals surface area contributed by atoms with Crippen LogP contribution >= 0.6 is 0 Å². The normalized spacial score (nSPS) is 17.0. The molecule has 2 N–H and O–H groups in total. The van der Waals surface area contributed by atoms with Crippen LogP contribution in [0.15, 0.2) is 24.3 Å². The van der Waals surface area contributed by atoms with Crippen LogP contribution in [0.5, 0.6) is 0 Å². The highest BCUT2D eigenvalue weighted by Gasteiger charge is 2.20. The Bertz CT molecular complexity index is 284. The molecule has 1 aromatic rings. The van der Waals surface area contributed by atoms with E-state index in [1.54, 1.807) is 0 Å². The molecule has 1 fully saturated rings. The maximum atomic E-state index is 8.55. The summed E-state index contributed by atoms with van der Waals surface area (Å²) in [7, 11) is 0. The summed E-state index contributed by atoms with van der Waals surface area (Å²) in [6, 6.07) is 8.22. The first-order valence-corrected chi connectivity index (χ1v) is 4.43. The van der Waals surface area contributed by atoms with Crippen molar-refractivity contribution in [1.29, 1.82) is 0 Å². The summed E-state index contributed by atoms with van der Waals surface area (Å²) in [6.45, 7) is 2.16. The van der Waals surface area contributed by atoms with Crippen molar-refractivity contribution in [3.63, 3.8) is 0 Å². The Labute approximate surface area is 77.3 Å². The molecule has 0 amide bonds. The number of rotatable bonds is 3. The zero-order valence-electron chi connectivity index (χ0n) is 7.36. The number of nitrogens with one attached hydrogen (secondary N) is 1. The van der Waals surface area contributed by atoms with E-state index in [2.05, 4.69) is 17.6 Å². The molecule has 0 aromatic heterocycles. The highest BCUT2D eigenvalue weighted by atomic mass is 16.5. The Hall–Kier alpha value is -0.900. The second-order valence-corrected chi connectivity index (χ2v) is 3.31. The molecule has 0 unspecified atom stereocenters. The van der Waals surface area contributed by atoms with Gasteiger partial charge in [-0.1, -0.05) is 24.3 Å². The van der Waals surface area contributed by atoms with E-state index >= 15 is 0 Å². The van der Waals surface area contributed by atoms with Crippen LogP contribution < -0.4 is 5.48 Å². The van der Waals surface area contributed by atoms with Crippen LogP contribution in [0.2, 0.25) is 0 Å². The van der Waals surface area contributed by atoms with Crippen molar-refractivity contribution in [2.24, 2.45) is 0 Å². The van der Waals surface area contributed by atoms with E-state index in [-0.39, 0.29) is 0 Å². The largest absolute Gasteiger partial charge is 0.380 e. The fourth-order valence-corrected chi connectivity index (χ4v) is 1.48. The highest BCUT2D eigenvalue weighted by Crippen LogP contribution is 2.24. The van der Waals surface area contributed by atoms with Crippen molar-refractivity contribution in [2.75, 3.05) is 13.2 Å². The van der Waals surface area contributed by atoms with E-state index in [9.17, 15) is 0 Å². The van der Waals surface area contributed by atoms with Gasteiger partial charge in [-0.2, -0.15) is 0 Å². The van der Waals surface area contributed by atoms with Crippen LogP contribution in [-0.4, -0.2) is 18.4 Å². The molecule has 1 heterocycles. The van der Waals surface area contributed by atoms with Crippen molar-refractivity contribution in [3.05, 3.63) is 35.4 Å². The van der Waals surface area contributed by atoms with Gasteiger partial charge >= 0.3 is 0 Å². The van der Waals surface area contributed by atoms with Crippen LogP contribution in [0, 0.1) is 0 Å². The highest BCUT2D eigenvalue weighted by molar-refractivity contribution is 5.27. The van der Waals surface area contributed by atoms with E-state index in [4.69, 9.17) is 9.94 Å². The number of hydrogen-bond donors (Lipinski definition) is 2. The summed E-state index contributed by atoms with van der Waals surface area (Å²) in [5.74, 6) is 0.554. The Morgan fingerprint density at radius 2 is 2.31 bits per heavy atom. The van der Waals surface area contributed by atoms with E-state index < -0.39 is 0 Å². The summed E-state index contributed by atoms with van der Waals surface area (Å²) >= 11 is 0. The van der Waals surface area contributed by atoms with Gasteiger partial charge in [0.1, 0.15) is 0 Å². The zero-order valence-corrected chi connectivity index (χ0v) is 7.36. The van der Waals surface area contributed by atoms with Crippen LogP contribution in [0.25, 0.3) is 0 Å². The van der Waals surface area contributed by atoms with E-state index in [0.29, 0.717) is 12.5 Å². The number of benzene rings is 1. The average Bonchev–Trinajstić information content (AvgIpc) is 2.02. The Morgan fingerprint density at radius 1 is 1.46 bits per heavy atom. The van der Waals surface area contributed by atoms with Gasteiger partial charge in [0.05, 0.1) is 13.2 Å². The summed E-state index contributed by atoms with van der Waals surface area (Å²) < 4.78 is 5.12. The molecule has 70 valence electrons. The molecule has 0 bridgehead atoms. The maximum Gasteiger partial charge on any atom is 0.0557 e. The first-order valence-electron chi connectivity index (χ1n) is 4.43. The van der Waals surface area contributed by atoms with Gasteiger partial charge in [-0.15, -0.1) is 0 Å². The molecule has 3 nitrogen and oxygen atoms in total. The standard InChI is InChI=1S/C10H13NO2/c12-11-5-8-2-1-3-9(4-8)10-6-13-7-10/h1-4,10-12H,5-7H2. The molecule has 1 aliphatic rings. The lowest BCUT2D eigenvalue weighted by Gasteiger charge is -2.26. The molecule has 13 heavy (non-hydrogen) atoms. The maximum absolute atomic E-state index is 8.55. The Balaban J connectivity index is 2.11. The summed E-state index contributed by atoms with van der Waals surface area (Å²) in [5.41, 5.74) is 4.56. The molecule has 0 saturated carbocycles. The summed E-state index contributed by atoms with van der Waals surface area (Å²) in [6.07, 6.45) is 0. The minimum atomic E-state index is 0.501. The van der Waals surface area contributed by atoms with Gasteiger partial charge in [-0.05, 0) is 11.1 Å². The van der Waals surface area contributed by atoms with Crippen molar-refractivity contribution >= 4 is 0 Å². The fraction of sp³-hybridized carbons (Fsp3) is 0.400. The van der Waals surface area contributed by atoms with Gasteiger partial charge in [-0.25, -0.2) is 5.48 Å². The fourth-order valence-electron chi connectivity index (χ4n) is 1.48. The van der Waals surface area contributed by atoms with E-state index in [1.807, 2.05) is 12.1 Å². The molecule has 3 heteroatoms. The molecule has 1 saturated heterocycles. The van der Waals surface area contributed by atoms with Crippen molar-refractivity contribution in [1.82, 2.24) is 5.48 Å². The van der Waals surface area contributed by atoms with Gasteiger partial charge in [-0.3, -0.25) is 0 Å². The molecule has 1 aromatic carbocycles. The third-order valence-electron chi connectivity index (χ3n) is 2.34. The average molecular weight is 179 g/mol. The second kappa shape index (κ2) is 3.87. The predicted molar refractivity (Wildman–Crippen MR) is 48.6 cm³/mol. The van der Waals surface area contributed by atoms with Crippen LogP contribution in [0.1, 0.15) is 17.0 Å². The minimum Gasteiger partial charge on any atom is -0.380 e. The molecule has 1 aliphatic heterocycles. The smallest absolute Gasteiger partial charge is 0.0557 e. The summed E-state index contributed by atoms with van der Waals surface area (Å²) in [5, 5.41) is 8.55. The van der Waals surface area contributed by atoms with Gasteiger partial charge in [0.2, 0.25) is 0 Å². The molecule has 0 radical (unpaired) electrons.